The molecule has 6 rings (SSSR count). The third-order valence-corrected chi connectivity index (χ3v) is 8.91. The van der Waals surface area contributed by atoms with Crippen LogP contribution in [-0.4, -0.2) is 37.6 Å². The van der Waals surface area contributed by atoms with Gasteiger partial charge in [-0.1, -0.05) is 66.4 Å². The van der Waals surface area contributed by atoms with Crippen LogP contribution in [0.3, 0.4) is 0 Å². The van der Waals surface area contributed by atoms with Gasteiger partial charge in [0.25, 0.3) is 11.2 Å². The van der Waals surface area contributed by atoms with Crippen LogP contribution in [0.4, 0.5) is 11.4 Å². The minimum absolute atomic E-state index is 0.0244. The zero-order valence-electron chi connectivity index (χ0n) is 21.9. The van der Waals surface area contributed by atoms with E-state index >= 15 is 0 Å². The maximum absolute atomic E-state index is 14.0. The molecule has 9 nitrogen and oxygen atoms in total. The topological polar surface area (TPSA) is 110 Å². The first-order chi connectivity index (χ1) is 20.0. The highest BCUT2D eigenvalue weighted by Gasteiger charge is 2.26. The number of aromatic nitrogens is 2. The number of thiophene rings is 1. The Balaban J connectivity index is 1.30. The van der Waals surface area contributed by atoms with E-state index in [1.54, 1.807) is 22.0 Å². The molecule has 1 amide bonds. The lowest BCUT2D eigenvalue weighted by molar-refractivity contribution is -0.384. The average Bonchev–Trinajstić information content (AvgIpc) is 3.35. The summed E-state index contributed by atoms with van der Waals surface area (Å²) in [5.74, 6) is -0.379. The highest BCUT2D eigenvalue weighted by molar-refractivity contribution is 7.99. The summed E-state index contributed by atoms with van der Waals surface area (Å²) in [6.45, 7) is 2.45. The molecule has 0 atom stereocenters. The van der Waals surface area contributed by atoms with Gasteiger partial charge in [-0.05, 0) is 35.7 Å². The summed E-state index contributed by atoms with van der Waals surface area (Å²) in [4.78, 5) is 46.5. The number of hydrogen-bond acceptors (Lipinski definition) is 8. The van der Waals surface area contributed by atoms with E-state index in [0.717, 1.165) is 48.3 Å². The number of benzene rings is 3. The average molecular weight is 584 g/mol. The number of para-hydroxylation sites is 1. The van der Waals surface area contributed by atoms with Gasteiger partial charge in [-0.25, -0.2) is 4.98 Å². The van der Waals surface area contributed by atoms with Crippen molar-refractivity contribution in [3.63, 3.8) is 0 Å². The van der Waals surface area contributed by atoms with Crippen molar-refractivity contribution in [2.24, 2.45) is 0 Å². The summed E-state index contributed by atoms with van der Waals surface area (Å²) in [6, 6.07) is 25.4. The highest BCUT2D eigenvalue weighted by atomic mass is 32.2. The maximum Gasteiger partial charge on any atom is 0.271 e. The van der Waals surface area contributed by atoms with Crippen molar-refractivity contribution < 1.29 is 9.72 Å². The minimum atomic E-state index is -0.510. The largest absolute Gasteiger partial charge is 0.325 e. The molecule has 0 spiro atoms. The zero-order chi connectivity index (χ0) is 28.3. The number of fused-ring (bicyclic) bond motifs is 3. The van der Waals surface area contributed by atoms with Crippen molar-refractivity contribution in [3.05, 3.63) is 121 Å². The predicted molar refractivity (Wildman–Crippen MR) is 162 cm³/mol. The summed E-state index contributed by atoms with van der Waals surface area (Å²) < 4.78 is 1.58. The number of nitrogens with one attached hydrogen (secondary N) is 1. The van der Waals surface area contributed by atoms with E-state index in [-0.39, 0.29) is 22.9 Å². The second kappa shape index (κ2) is 11.7. The number of nitrogens with zero attached hydrogens (tertiary/aromatic N) is 4. The summed E-state index contributed by atoms with van der Waals surface area (Å²) in [6.07, 6.45) is 0.770. The number of amides is 1. The van der Waals surface area contributed by atoms with Crippen molar-refractivity contribution in [1.29, 1.82) is 0 Å². The lowest BCUT2D eigenvalue weighted by atomic mass is 10.0. The van der Waals surface area contributed by atoms with E-state index in [9.17, 15) is 19.7 Å². The summed E-state index contributed by atoms with van der Waals surface area (Å²) in [5, 5.41) is 14.9. The standard InChI is InChI=1S/C30H25N5O4S2/c36-26(31-21-10-7-13-23(16-21)35(38)39)19-40-30-32-28-27(29(37)34(30)22-11-5-2-6-12-22)24-14-15-33(18-25(24)41-28)17-20-8-3-1-4-9-20/h1-13,16H,14-15,17-19H2,(H,31,36). The molecule has 0 radical (unpaired) electrons. The molecule has 1 aliphatic rings. The lowest BCUT2D eigenvalue weighted by Gasteiger charge is -2.26. The molecule has 5 aromatic rings. The second-order valence-electron chi connectivity index (χ2n) is 9.64. The number of hydrogen-bond donors (Lipinski definition) is 1. The van der Waals surface area contributed by atoms with Crippen molar-refractivity contribution in [3.8, 4) is 5.69 Å². The van der Waals surface area contributed by atoms with Crippen LogP contribution in [0.5, 0.6) is 0 Å². The van der Waals surface area contributed by atoms with E-state index in [0.29, 0.717) is 26.7 Å². The number of carbonyl (C=O) groups is 1. The fourth-order valence-corrected chi connectivity index (χ4v) is 7.10. The summed E-state index contributed by atoms with van der Waals surface area (Å²) >= 11 is 2.70. The van der Waals surface area contributed by atoms with Crippen LogP contribution >= 0.6 is 23.1 Å². The van der Waals surface area contributed by atoms with Gasteiger partial charge in [0, 0.05) is 42.3 Å². The van der Waals surface area contributed by atoms with E-state index in [4.69, 9.17) is 4.98 Å². The number of nitro benzene ring substituents is 1. The van der Waals surface area contributed by atoms with Gasteiger partial charge in [0.1, 0.15) is 4.83 Å². The van der Waals surface area contributed by atoms with E-state index < -0.39 is 4.92 Å². The van der Waals surface area contributed by atoms with Gasteiger partial charge in [0.15, 0.2) is 5.16 Å². The number of non-ortho nitro benzene ring substituents is 1. The van der Waals surface area contributed by atoms with Gasteiger partial charge in [-0.2, -0.15) is 0 Å². The molecule has 0 bridgehead atoms. The predicted octanol–water partition coefficient (Wildman–Crippen LogP) is 5.64. The van der Waals surface area contributed by atoms with Crippen LogP contribution in [0.25, 0.3) is 15.9 Å². The number of thioether (sulfide) groups is 1. The first kappa shape index (κ1) is 26.9. The van der Waals surface area contributed by atoms with Crippen molar-refractivity contribution >= 4 is 50.6 Å². The normalized spacial score (nSPS) is 13.2. The third-order valence-electron chi connectivity index (χ3n) is 6.86. The first-order valence-corrected chi connectivity index (χ1v) is 14.8. The number of anilines is 1. The summed E-state index contributed by atoms with van der Waals surface area (Å²) in [5.41, 5.74) is 3.08. The fraction of sp³-hybridized carbons (Fsp3) is 0.167. The molecule has 11 heteroatoms. The van der Waals surface area contributed by atoms with Crippen LogP contribution in [0.15, 0.2) is 94.9 Å². The molecular formula is C30H25N5O4S2. The van der Waals surface area contributed by atoms with Crippen molar-refractivity contribution in [2.45, 2.75) is 24.7 Å². The van der Waals surface area contributed by atoms with Crippen molar-refractivity contribution in [2.75, 3.05) is 17.6 Å². The van der Waals surface area contributed by atoms with Gasteiger partial charge in [0.05, 0.1) is 21.7 Å². The lowest BCUT2D eigenvalue weighted by Crippen LogP contribution is -2.30. The van der Waals surface area contributed by atoms with Crippen LogP contribution in [-0.2, 0) is 24.3 Å². The SMILES string of the molecule is O=C(CSc1nc2sc3c(c2c(=O)n1-c1ccccc1)CCN(Cc1ccccc1)C3)Nc1cccc([N+](=O)[O-])c1. The molecule has 3 heterocycles. The quantitative estimate of drug-likeness (QED) is 0.109. The number of nitro groups is 1. The molecule has 3 aromatic carbocycles. The van der Waals surface area contributed by atoms with Crippen molar-refractivity contribution in [1.82, 2.24) is 14.5 Å². The molecule has 41 heavy (non-hydrogen) atoms. The Labute approximate surface area is 243 Å². The molecule has 0 fully saturated rings. The van der Waals surface area contributed by atoms with Crippen LogP contribution in [0, 0.1) is 10.1 Å². The van der Waals surface area contributed by atoms with Gasteiger partial charge < -0.3 is 5.32 Å². The van der Waals surface area contributed by atoms with E-state index in [1.165, 1.54) is 23.8 Å². The maximum atomic E-state index is 14.0. The van der Waals surface area contributed by atoms with E-state index in [1.807, 2.05) is 48.5 Å². The van der Waals surface area contributed by atoms with Gasteiger partial charge >= 0.3 is 0 Å². The van der Waals surface area contributed by atoms with Gasteiger partial charge in [-0.15, -0.1) is 11.3 Å². The number of carbonyl (C=O) groups excluding carboxylic acids is 1. The van der Waals surface area contributed by atoms with Gasteiger partial charge in [0.2, 0.25) is 5.91 Å². The second-order valence-corrected chi connectivity index (χ2v) is 11.7. The van der Waals surface area contributed by atoms with Crippen LogP contribution < -0.4 is 10.9 Å². The monoisotopic (exact) mass is 583 g/mol. The molecule has 0 aliphatic carbocycles. The molecule has 206 valence electrons. The molecule has 0 saturated carbocycles. The first-order valence-electron chi connectivity index (χ1n) is 13.0. The Hall–Kier alpha value is -4.32. The molecule has 2 aromatic heterocycles. The number of rotatable bonds is 8. The smallest absolute Gasteiger partial charge is 0.271 e. The highest BCUT2D eigenvalue weighted by Crippen LogP contribution is 2.35. The Morgan fingerprint density at radius 3 is 2.56 bits per heavy atom. The Kier molecular flexibility index (Phi) is 7.64. The zero-order valence-corrected chi connectivity index (χ0v) is 23.5. The molecule has 1 aliphatic heterocycles. The van der Waals surface area contributed by atoms with Crippen LogP contribution in [0.2, 0.25) is 0 Å². The minimum Gasteiger partial charge on any atom is -0.325 e. The van der Waals surface area contributed by atoms with E-state index in [2.05, 4.69) is 22.3 Å². The Bertz CT molecular complexity index is 1810. The van der Waals surface area contributed by atoms with Crippen LogP contribution in [0.1, 0.15) is 16.0 Å². The molecule has 0 unspecified atom stereocenters. The third kappa shape index (κ3) is 5.78. The molecular weight excluding hydrogens is 558 g/mol. The fourth-order valence-electron chi connectivity index (χ4n) is 4.98. The van der Waals surface area contributed by atoms with Gasteiger partial charge in [-0.3, -0.25) is 29.2 Å². The Morgan fingerprint density at radius 1 is 1.05 bits per heavy atom. The molecule has 1 N–H and O–H groups in total. The Morgan fingerprint density at radius 2 is 1.80 bits per heavy atom. The molecule has 0 saturated heterocycles. The summed E-state index contributed by atoms with van der Waals surface area (Å²) in [7, 11) is 0.